The number of sulfonamides is 1. The molecule has 0 radical (unpaired) electrons. The average molecular weight is 337 g/mol. The van der Waals surface area contributed by atoms with Gasteiger partial charge in [0.05, 0.1) is 4.90 Å². The van der Waals surface area contributed by atoms with Crippen molar-refractivity contribution >= 4 is 27.5 Å². The minimum absolute atomic E-state index is 0.0540. The van der Waals surface area contributed by atoms with Crippen molar-refractivity contribution in [1.82, 2.24) is 4.31 Å². The van der Waals surface area contributed by atoms with Crippen molar-refractivity contribution < 1.29 is 18.0 Å². The average Bonchev–Trinajstić information content (AvgIpc) is 2.54. The molecular weight excluding hydrogens is 318 g/mol. The summed E-state index contributed by atoms with van der Waals surface area (Å²) in [5.41, 5.74) is 6.78. The second-order valence-electron chi connectivity index (χ2n) is 5.95. The van der Waals surface area contributed by atoms with Crippen molar-refractivity contribution in [3.63, 3.8) is 0 Å². The minimum Gasteiger partial charge on any atom is -0.369 e. The molecule has 3 N–H and O–H groups in total. The van der Waals surface area contributed by atoms with Gasteiger partial charge < -0.3 is 11.1 Å². The van der Waals surface area contributed by atoms with Gasteiger partial charge in [-0.1, -0.05) is 0 Å². The highest BCUT2D eigenvalue weighted by atomic mass is 32.2. The first-order valence-electron chi connectivity index (χ1n) is 7.60. The Bertz CT molecular complexity index is 752. The van der Waals surface area contributed by atoms with E-state index >= 15 is 0 Å². The number of fused-ring (bicyclic) bond motifs is 1. The van der Waals surface area contributed by atoms with Crippen LogP contribution in [-0.2, 0) is 26.0 Å². The van der Waals surface area contributed by atoms with Crippen molar-refractivity contribution in [2.45, 2.75) is 30.6 Å². The second kappa shape index (κ2) is 5.93. The molecule has 1 aromatic carbocycles. The van der Waals surface area contributed by atoms with Gasteiger partial charge in [0.1, 0.15) is 0 Å². The lowest BCUT2D eigenvalue weighted by atomic mass is 9.98. The number of hydrogen-bond donors (Lipinski definition) is 2. The van der Waals surface area contributed by atoms with E-state index in [0.717, 1.165) is 5.56 Å². The van der Waals surface area contributed by atoms with E-state index < -0.39 is 10.0 Å². The molecule has 2 aliphatic heterocycles. The molecule has 23 heavy (non-hydrogen) atoms. The second-order valence-corrected chi connectivity index (χ2v) is 7.89. The monoisotopic (exact) mass is 337 g/mol. The Balaban J connectivity index is 1.81. The molecule has 7 nitrogen and oxygen atoms in total. The Labute approximate surface area is 134 Å². The number of carbonyl (C=O) groups is 2. The van der Waals surface area contributed by atoms with Crippen LogP contribution in [0.15, 0.2) is 23.1 Å². The molecule has 0 unspecified atom stereocenters. The van der Waals surface area contributed by atoms with Crippen LogP contribution in [0.25, 0.3) is 0 Å². The number of carbonyl (C=O) groups excluding carboxylic acids is 2. The quantitative estimate of drug-likeness (QED) is 0.835. The van der Waals surface area contributed by atoms with Crippen molar-refractivity contribution in [2.75, 3.05) is 18.4 Å². The van der Waals surface area contributed by atoms with Crippen molar-refractivity contribution in [3.8, 4) is 0 Å². The summed E-state index contributed by atoms with van der Waals surface area (Å²) < 4.78 is 26.9. The van der Waals surface area contributed by atoms with Crippen LogP contribution >= 0.6 is 0 Å². The molecule has 2 heterocycles. The van der Waals surface area contributed by atoms with E-state index in [-0.39, 0.29) is 22.6 Å². The zero-order valence-electron chi connectivity index (χ0n) is 12.6. The van der Waals surface area contributed by atoms with E-state index in [1.807, 2.05) is 0 Å². The van der Waals surface area contributed by atoms with E-state index in [9.17, 15) is 18.0 Å². The van der Waals surface area contributed by atoms with E-state index in [2.05, 4.69) is 5.32 Å². The van der Waals surface area contributed by atoms with Gasteiger partial charge in [-0.3, -0.25) is 9.59 Å². The first-order chi connectivity index (χ1) is 10.9. The number of anilines is 1. The maximum Gasteiger partial charge on any atom is 0.243 e. The van der Waals surface area contributed by atoms with Crippen molar-refractivity contribution in [1.29, 1.82) is 0 Å². The SMILES string of the molecule is NC(=O)C1CCN(S(=O)(=O)c2ccc3c(c2)CCC(=O)N3)CC1. The predicted molar refractivity (Wildman–Crippen MR) is 84.1 cm³/mol. The van der Waals surface area contributed by atoms with Gasteiger partial charge in [0.15, 0.2) is 0 Å². The Hall–Kier alpha value is -1.93. The molecule has 1 aromatic rings. The van der Waals surface area contributed by atoms with Crippen LogP contribution < -0.4 is 11.1 Å². The van der Waals surface area contributed by atoms with Gasteiger partial charge in [0, 0.05) is 31.1 Å². The molecule has 3 rings (SSSR count). The molecule has 124 valence electrons. The van der Waals surface area contributed by atoms with Crippen molar-refractivity contribution in [2.24, 2.45) is 11.7 Å². The fourth-order valence-electron chi connectivity index (χ4n) is 3.05. The number of piperidine rings is 1. The van der Waals surface area contributed by atoms with E-state index in [1.165, 1.54) is 10.4 Å². The maximum atomic E-state index is 12.7. The first kappa shape index (κ1) is 15.9. The number of rotatable bonds is 3. The summed E-state index contributed by atoms with van der Waals surface area (Å²) in [5, 5.41) is 2.74. The summed E-state index contributed by atoms with van der Waals surface area (Å²) in [6.07, 6.45) is 1.81. The van der Waals surface area contributed by atoms with E-state index in [1.54, 1.807) is 12.1 Å². The standard InChI is InChI=1S/C15H19N3O4S/c16-15(20)10-5-7-18(8-6-10)23(21,22)12-2-3-13-11(9-12)1-4-14(19)17-13/h2-3,9-10H,1,4-8H2,(H2,16,20)(H,17,19). The largest absolute Gasteiger partial charge is 0.369 e. The Morgan fingerprint density at radius 2 is 1.91 bits per heavy atom. The predicted octanol–water partition coefficient (Wildman–Crippen LogP) is 0.457. The summed E-state index contributed by atoms with van der Waals surface area (Å²) in [6, 6.07) is 4.78. The van der Waals surface area contributed by atoms with Crippen LogP contribution in [0.5, 0.6) is 0 Å². The molecule has 1 saturated heterocycles. The van der Waals surface area contributed by atoms with Gasteiger partial charge in [0.2, 0.25) is 21.8 Å². The van der Waals surface area contributed by atoms with Crippen LogP contribution in [0.4, 0.5) is 5.69 Å². The number of benzene rings is 1. The third-order valence-corrected chi connectivity index (χ3v) is 6.36. The Morgan fingerprint density at radius 3 is 2.57 bits per heavy atom. The lowest BCUT2D eigenvalue weighted by Gasteiger charge is -2.30. The number of amides is 2. The minimum atomic E-state index is -3.59. The highest BCUT2D eigenvalue weighted by Gasteiger charge is 2.31. The van der Waals surface area contributed by atoms with Crippen molar-refractivity contribution in [3.05, 3.63) is 23.8 Å². The molecule has 0 atom stereocenters. The fourth-order valence-corrected chi connectivity index (χ4v) is 4.57. The van der Waals surface area contributed by atoms with Gasteiger partial charge in [-0.05, 0) is 43.0 Å². The number of nitrogens with two attached hydrogens (primary N) is 1. The zero-order valence-corrected chi connectivity index (χ0v) is 13.4. The molecular formula is C15H19N3O4S. The Morgan fingerprint density at radius 1 is 1.22 bits per heavy atom. The maximum absolute atomic E-state index is 12.7. The van der Waals surface area contributed by atoms with Gasteiger partial charge in [0.25, 0.3) is 0 Å². The molecule has 0 aromatic heterocycles. The van der Waals surface area contributed by atoms with E-state index in [0.29, 0.717) is 44.5 Å². The van der Waals surface area contributed by atoms with E-state index in [4.69, 9.17) is 5.73 Å². The molecule has 2 amide bonds. The number of primary amides is 1. The van der Waals surface area contributed by atoms with Crippen LogP contribution in [0.1, 0.15) is 24.8 Å². The summed E-state index contributed by atoms with van der Waals surface area (Å²) >= 11 is 0. The first-order valence-corrected chi connectivity index (χ1v) is 9.04. The summed E-state index contributed by atoms with van der Waals surface area (Å²) in [6.45, 7) is 0.591. The number of nitrogens with zero attached hydrogens (tertiary/aromatic N) is 1. The topological polar surface area (TPSA) is 110 Å². The third-order valence-electron chi connectivity index (χ3n) is 4.47. The number of aryl methyl sites for hydroxylation is 1. The molecule has 8 heteroatoms. The highest BCUT2D eigenvalue weighted by Crippen LogP contribution is 2.28. The summed E-state index contributed by atoms with van der Waals surface area (Å²) in [4.78, 5) is 22.8. The van der Waals surface area contributed by atoms with Crippen LogP contribution in [-0.4, -0.2) is 37.6 Å². The number of hydrogen-bond acceptors (Lipinski definition) is 4. The fraction of sp³-hybridized carbons (Fsp3) is 0.467. The molecule has 2 aliphatic rings. The lowest BCUT2D eigenvalue weighted by molar-refractivity contribution is -0.122. The summed E-state index contributed by atoms with van der Waals surface area (Å²) in [5.74, 6) is -0.673. The van der Waals surface area contributed by atoms with Crippen LogP contribution in [0, 0.1) is 5.92 Å². The lowest BCUT2D eigenvalue weighted by Crippen LogP contribution is -2.41. The molecule has 0 spiro atoms. The van der Waals surface area contributed by atoms with Crippen LogP contribution in [0.2, 0.25) is 0 Å². The van der Waals surface area contributed by atoms with Gasteiger partial charge in [-0.15, -0.1) is 0 Å². The van der Waals surface area contributed by atoms with Gasteiger partial charge in [-0.2, -0.15) is 4.31 Å². The van der Waals surface area contributed by atoms with Gasteiger partial charge >= 0.3 is 0 Å². The molecule has 0 saturated carbocycles. The zero-order chi connectivity index (χ0) is 16.6. The number of nitrogens with one attached hydrogen (secondary N) is 1. The Kier molecular flexibility index (Phi) is 4.11. The summed E-state index contributed by atoms with van der Waals surface area (Å²) in [7, 11) is -3.59. The third kappa shape index (κ3) is 3.09. The molecule has 1 fully saturated rings. The molecule has 0 aliphatic carbocycles. The normalized spacial score (nSPS) is 19.9. The molecule has 0 bridgehead atoms. The highest BCUT2D eigenvalue weighted by molar-refractivity contribution is 7.89. The van der Waals surface area contributed by atoms with Gasteiger partial charge in [-0.25, -0.2) is 8.42 Å². The smallest absolute Gasteiger partial charge is 0.243 e. The van der Waals surface area contributed by atoms with Crippen LogP contribution in [0.3, 0.4) is 0 Å².